The first-order valence-corrected chi connectivity index (χ1v) is 7.88. The molecule has 0 fully saturated rings. The Morgan fingerprint density at radius 2 is 1.77 bits per heavy atom. The molecular formula is C13H20O7S2. The molecule has 0 rings (SSSR count). The first-order valence-electron chi connectivity index (χ1n) is 6.59. The number of aliphatic carboxylic acids is 2. The molecule has 0 bridgehead atoms. The highest BCUT2D eigenvalue weighted by Crippen LogP contribution is 2.26. The topological polar surface area (TPSA) is 110 Å². The van der Waals surface area contributed by atoms with Crippen LogP contribution in [0.5, 0.6) is 0 Å². The number of hydrogen-bond acceptors (Lipinski definition) is 7. The van der Waals surface area contributed by atoms with Crippen LogP contribution in [0.2, 0.25) is 0 Å². The number of carboxylic acid groups (broad SMARTS) is 2. The van der Waals surface area contributed by atoms with E-state index in [4.69, 9.17) is 17.0 Å². The molecule has 9 heteroatoms. The molecule has 0 aromatic carbocycles. The number of thioether (sulfide) groups is 1. The zero-order valence-corrected chi connectivity index (χ0v) is 14.2. The summed E-state index contributed by atoms with van der Waals surface area (Å²) in [5.41, 5.74) is 0. The van der Waals surface area contributed by atoms with E-state index in [1.807, 2.05) is 0 Å². The molecule has 0 saturated carbocycles. The van der Waals surface area contributed by atoms with Crippen LogP contribution in [0.1, 0.15) is 26.7 Å². The van der Waals surface area contributed by atoms with Crippen LogP contribution in [-0.4, -0.2) is 51.5 Å². The summed E-state index contributed by atoms with van der Waals surface area (Å²) in [5.74, 6) is -4.50. The highest BCUT2D eigenvalue weighted by molar-refractivity contribution is 8.23. The lowest BCUT2D eigenvalue weighted by atomic mass is 9.92. The Kier molecular flexibility index (Phi) is 9.75. The van der Waals surface area contributed by atoms with E-state index in [9.17, 15) is 24.6 Å². The molecule has 0 heterocycles. The zero-order chi connectivity index (χ0) is 17.3. The lowest BCUT2D eigenvalue weighted by molar-refractivity contribution is -0.147. The largest absolute Gasteiger partial charge is 0.481 e. The van der Waals surface area contributed by atoms with Crippen molar-refractivity contribution in [1.29, 1.82) is 0 Å². The Morgan fingerprint density at radius 1 is 1.18 bits per heavy atom. The highest BCUT2D eigenvalue weighted by Gasteiger charge is 2.31. The molecule has 0 radical (unpaired) electrons. The Labute approximate surface area is 138 Å². The predicted molar refractivity (Wildman–Crippen MR) is 84.8 cm³/mol. The standard InChI is InChI=1S/C13H20O7S2/c1-4-20-13(21)22-9(11(16)17)6-8(10(14)15)5-7(2)12(18)19-3/h7-9H,4-6H2,1-3H3,(H,14,15)(H,16,17). The number of carbonyl (C=O) groups excluding carboxylic acids is 1. The van der Waals surface area contributed by atoms with E-state index in [1.54, 1.807) is 6.92 Å². The van der Waals surface area contributed by atoms with Crippen molar-refractivity contribution >= 4 is 46.3 Å². The fourth-order valence-electron chi connectivity index (χ4n) is 1.75. The smallest absolute Gasteiger partial charge is 0.317 e. The van der Waals surface area contributed by atoms with Crippen molar-refractivity contribution in [3.63, 3.8) is 0 Å². The number of carboxylic acids is 2. The predicted octanol–water partition coefficient (Wildman–Crippen LogP) is 1.78. The number of hydrogen-bond donors (Lipinski definition) is 2. The van der Waals surface area contributed by atoms with Gasteiger partial charge in [0.2, 0.25) is 4.38 Å². The van der Waals surface area contributed by atoms with E-state index in [0.29, 0.717) is 6.61 Å². The quantitative estimate of drug-likeness (QED) is 0.474. The van der Waals surface area contributed by atoms with Crippen molar-refractivity contribution in [3.05, 3.63) is 0 Å². The molecule has 0 spiro atoms. The maximum atomic E-state index is 11.4. The summed E-state index contributed by atoms with van der Waals surface area (Å²) in [6.07, 6.45) is -0.169. The average Bonchev–Trinajstić information content (AvgIpc) is 2.44. The minimum atomic E-state index is -1.18. The van der Waals surface area contributed by atoms with Crippen LogP contribution in [0.25, 0.3) is 0 Å². The fourth-order valence-corrected chi connectivity index (χ4v) is 3.06. The van der Waals surface area contributed by atoms with Gasteiger partial charge in [-0.1, -0.05) is 18.7 Å². The maximum Gasteiger partial charge on any atom is 0.317 e. The second kappa shape index (κ2) is 10.4. The Morgan fingerprint density at radius 3 is 2.18 bits per heavy atom. The van der Waals surface area contributed by atoms with Gasteiger partial charge >= 0.3 is 17.9 Å². The summed E-state index contributed by atoms with van der Waals surface area (Å²) in [7, 11) is 1.21. The van der Waals surface area contributed by atoms with Gasteiger partial charge in [-0.25, -0.2) is 0 Å². The number of esters is 1. The van der Waals surface area contributed by atoms with Crippen molar-refractivity contribution in [1.82, 2.24) is 0 Å². The Bertz CT molecular complexity index is 425. The van der Waals surface area contributed by atoms with Crippen molar-refractivity contribution in [2.75, 3.05) is 13.7 Å². The third-order valence-corrected chi connectivity index (χ3v) is 4.26. The molecule has 3 atom stereocenters. The summed E-state index contributed by atoms with van der Waals surface area (Å²) >= 11 is 5.67. The summed E-state index contributed by atoms with van der Waals surface area (Å²) in [6.45, 7) is 3.55. The average molecular weight is 352 g/mol. The van der Waals surface area contributed by atoms with E-state index in [1.165, 1.54) is 14.0 Å². The number of thiocarbonyl (C=S) groups is 1. The van der Waals surface area contributed by atoms with Crippen LogP contribution in [0.3, 0.4) is 0 Å². The highest BCUT2D eigenvalue weighted by atomic mass is 32.2. The van der Waals surface area contributed by atoms with Crippen molar-refractivity contribution in [2.24, 2.45) is 11.8 Å². The van der Waals surface area contributed by atoms with Gasteiger partial charge in [-0.2, -0.15) is 0 Å². The molecule has 0 aromatic heterocycles. The van der Waals surface area contributed by atoms with Gasteiger partial charge in [-0.3, -0.25) is 14.4 Å². The molecule has 7 nitrogen and oxygen atoms in total. The fraction of sp³-hybridized carbons (Fsp3) is 0.692. The summed E-state index contributed by atoms with van der Waals surface area (Å²) in [6, 6.07) is 0. The molecular weight excluding hydrogens is 332 g/mol. The molecule has 0 saturated heterocycles. The molecule has 0 aromatic rings. The zero-order valence-electron chi connectivity index (χ0n) is 12.6. The van der Waals surface area contributed by atoms with E-state index in [0.717, 1.165) is 11.8 Å². The van der Waals surface area contributed by atoms with Crippen molar-refractivity contribution in [2.45, 2.75) is 31.9 Å². The maximum absolute atomic E-state index is 11.4. The van der Waals surface area contributed by atoms with Gasteiger partial charge in [0, 0.05) is 0 Å². The molecule has 126 valence electrons. The monoisotopic (exact) mass is 352 g/mol. The normalized spacial score (nSPS) is 14.5. The first-order chi connectivity index (χ1) is 10.2. The number of rotatable bonds is 9. The second-order valence-corrected chi connectivity index (χ2v) is 6.36. The SMILES string of the molecule is CCOC(=S)SC(CC(CC(C)C(=O)OC)C(=O)O)C(=O)O. The van der Waals surface area contributed by atoms with Crippen molar-refractivity contribution in [3.8, 4) is 0 Å². The molecule has 0 aliphatic carbocycles. The number of methoxy groups -OCH3 is 1. The lowest BCUT2D eigenvalue weighted by Gasteiger charge is -2.19. The third kappa shape index (κ3) is 7.60. The summed E-state index contributed by atoms with van der Waals surface area (Å²) in [4.78, 5) is 33.9. The van der Waals surface area contributed by atoms with Gasteiger partial charge in [0.25, 0.3) is 0 Å². The Hall–Kier alpha value is -1.35. The molecule has 22 heavy (non-hydrogen) atoms. The van der Waals surface area contributed by atoms with E-state index in [-0.39, 0.29) is 17.2 Å². The molecule has 0 amide bonds. The third-order valence-electron chi connectivity index (χ3n) is 2.87. The summed E-state index contributed by atoms with van der Waals surface area (Å²) < 4.78 is 9.61. The van der Waals surface area contributed by atoms with Gasteiger partial charge in [0.05, 0.1) is 25.6 Å². The minimum Gasteiger partial charge on any atom is -0.481 e. The molecule has 3 unspecified atom stereocenters. The van der Waals surface area contributed by atoms with Gasteiger partial charge in [-0.05, 0) is 32.0 Å². The van der Waals surface area contributed by atoms with E-state index in [2.05, 4.69) is 4.74 Å². The van der Waals surface area contributed by atoms with Crippen LogP contribution >= 0.6 is 24.0 Å². The van der Waals surface area contributed by atoms with Crippen LogP contribution in [0, 0.1) is 11.8 Å². The molecule has 2 N–H and O–H groups in total. The van der Waals surface area contributed by atoms with Crippen LogP contribution in [-0.2, 0) is 23.9 Å². The van der Waals surface area contributed by atoms with Gasteiger partial charge in [0.15, 0.2) is 0 Å². The molecule has 0 aliphatic rings. The van der Waals surface area contributed by atoms with Crippen molar-refractivity contribution < 1.29 is 34.1 Å². The molecule has 0 aliphatic heterocycles. The first kappa shape index (κ1) is 20.6. The lowest BCUT2D eigenvalue weighted by Crippen LogP contribution is -2.29. The van der Waals surface area contributed by atoms with Gasteiger partial charge < -0.3 is 19.7 Å². The van der Waals surface area contributed by atoms with E-state index < -0.39 is 35.0 Å². The van der Waals surface area contributed by atoms with Crippen LogP contribution in [0.4, 0.5) is 0 Å². The Balaban J connectivity index is 4.86. The second-order valence-electron chi connectivity index (χ2n) is 4.56. The van der Waals surface area contributed by atoms with Gasteiger partial charge in [0.1, 0.15) is 5.25 Å². The van der Waals surface area contributed by atoms with Crippen LogP contribution in [0.15, 0.2) is 0 Å². The number of carbonyl (C=O) groups is 3. The van der Waals surface area contributed by atoms with Gasteiger partial charge in [-0.15, -0.1) is 0 Å². The minimum absolute atomic E-state index is 0.00621. The number of ether oxygens (including phenoxy) is 2. The van der Waals surface area contributed by atoms with Crippen LogP contribution < -0.4 is 0 Å². The summed E-state index contributed by atoms with van der Waals surface area (Å²) in [5, 5.41) is 17.4. The van der Waals surface area contributed by atoms with E-state index >= 15 is 0 Å².